The van der Waals surface area contributed by atoms with Gasteiger partial charge in [0.2, 0.25) is 0 Å². The number of alkyl halides is 3. The molecule has 0 aliphatic heterocycles. The van der Waals surface area contributed by atoms with Crippen molar-refractivity contribution < 1.29 is 37.1 Å². The number of rotatable bonds is 11. The van der Waals surface area contributed by atoms with Gasteiger partial charge in [-0.15, -0.1) is 0 Å². The average Bonchev–Trinajstić information content (AvgIpc) is 2.90. The summed E-state index contributed by atoms with van der Waals surface area (Å²) in [5.74, 6) is -2.59. The predicted octanol–water partition coefficient (Wildman–Crippen LogP) is 2.61. The van der Waals surface area contributed by atoms with Crippen molar-refractivity contribution in [1.29, 1.82) is 0 Å². The molecule has 0 saturated carbocycles. The van der Waals surface area contributed by atoms with E-state index in [1.54, 1.807) is 0 Å². The van der Waals surface area contributed by atoms with Gasteiger partial charge < -0.3 is 35.9 Å². The molecule has 5 N–H and O–H groups in total. The molecule has 3 aromatic rings. The Labute approximate surface area is 240 Å². The second-order valence-corrected chi connectivity index (χ2v) is 9.94. The SMILES string of the molecule is C[N+](C)(CCCc1ccc(OCc2ccccc2)cc1)CCNC(=O)c1nc(Cl)c(N)nc1N.O=C([O-])C(F)(F)F. The second-order valence-electron chi connectivity index (χ2n) is 9.58. The van der Waals surface area contributed by atoms with Crippen LogP contribution in [0.1, 0.15) is 28.0 Å². The number of amides is 1. The Morgan fingerprint density at radius 1 is 0.976 bits per heavy atom. The molecule has 0 unspecified atom stereocenters. The van der Waals surface area contributed by atoms with E-state index in [9.17, 15) is 18.0 Å². The molecule has 0 aliphatic rings. The van der Waals surface area contributed by atoms with Crippen molar-refractivity contribution in [2.75, 3.05) is 45.2 Å². The molecule has 0 radical (unpaired) electrons. The Morgan fingerprint density at radius 2 is 1.59 bits per heavy atom. The van der Waals surface area contributed by atoms with Crippen molar-refractivity contribution in [2.45, 2.75) is 25.6 Å². The fourth-order valence-electron chi connectivity index (χ4n) is 3.48. The van der Waals surface area contributed by atoms with Crippen LogP contribution in [0.3, 0.4) is 0 Å². The molecule has 222 valence electrons. The number of nitrogens with one attached hydrogen (secondary N) is 1. The first-order chi connectivity index (χ1) is 19.2. The van der Waals surface area contributed by atoms with Crippen LogP contribution >= 0.6 is 11.6 Å². The fraction of sp³-hybridized carbons (Fsp3) is 0.333. The Bertz CT molecular complexity index is 1290. The first-order valence-corrected chi connectivity index (χ1v) is 12.8. The van der Waals surface area contributed by atoms with E-state index in [1.165, 1.54) is 5.56 Å². The molecule has 41 heavy (non-hydrogen) atoms. The fourth-order valence-corrected chi connectivity index (χ4v) is 3.61. The Morgan fingerprint density at radius 3 is 2.17 bits per heavy atom. The maximum atomic E-state index is 12.4. The molecule has 14 heteroatoms. The minimum absolute atomic E-state index is 0.00265. The molecule has 1 aromatic heterocycles. The largest absolute Gasteiger partial charge is 0.542 e. The van der Waals surface area contributed by atoms with Crippen molar-refractivity contribution >= 4 is 35.1 Å². The van der Waals surface area contributed by atoms with E-state index >= 15 is 0 Å². The summed E-state index contributed by atoms with van der Waals surface area (Å²) >= 11 is 5.85. The summed E-state index contributed by atoms with van der Waals surface area (Å²) in [5.41, 5.74) is 13.7. The summed E-state index contributed by atoms with van der Waals surface area (Å²) in [6, 6.07) is 18.4. The van der Waals surface area contributed by atoms with Crippen LogP contribution in [0.2, 0.25) is 5.15 Å². The molecule has 1 heterocycles. The zero-order valence-electron chi connectivity index (χ0n) is 22.6. The van der Waals surface area contributed by atoms with Gasteiger partial charge in [-0.05, 0) is 29.7 Å². The number of anilines is 2. The standard InChI is InChI=1S/C25H31ClN6O2.C2HF3O2/c1-32(2,16-14-29-25(33)21-23(27)31-24(28)22(26)30-21)15-6-9-18-10-12-20(13-11-18)34-17-19-7-4-3-5-8-19;3-2(4,5)1(6)7/h3-5,7-8,10-13H,6,9,14-17H2,1-2H3,(H4-,27,28,29,31,33);(H,6,7). The normalized spacial score (nSPS) is 11.3. The number of hydrogen-bond acceptors (Lipinski definition) is 8. The van der Waals surface area contributed by atoms with E-state index in [0.717, 1.165) is 41.7 Å². The molecular weight excluding hydrogens is 565 g/mol. The quantitative estimate of drug-likeness (QED) is 0.285. The summed E-state index contributed by atoms with van der Waals surface area (Å²) in [7, 11) is 4.28. The second kappa shape index (κ2) is 15.1. The van der Waals surface area contributed by atoms with Gasteiger partial charge in [0.25, 0.3) is 5.91 Å². The number of aryl methyl sites for hydroxylation is 1. The van der Waals surface area contributed by atoms with Crippen molar-refractivity contribution in [3.8, 4) is 5.75 Å². The van der Waals surface area contributed by atoms with Crippen molar-refractivity contribution in [2.24, 2.45) is 0 Å². The number of nitrogens with zero attached hydrogens (tertiary/aromatic N) is 3. The number of aliphatic carboxylic acids is 1. The van der Waals surface area contributed by atoms with Crippen molar-refractivity contribution in [3.63, 3.8) is 0 Å². The van der Waals surface area contributed by atoms with Crippen LogP contribution in [0.15, 0.2) is 54.6 Å². The van der Waals surface area contributed by atoms with Crippen LogP contribution in [-0.4, -0.2) is 66.2 Å². The predicted molar refractivity (Wildman–Crippen MR) is 147 cm³/mol. The lowest BCUT2D eigenvalue weighted by Gasteiger charge is -2.30. The van der Waals surface area contributed by atoms with E-state index in [2.05, 4.69) is 53.6 Å². The first-order valence-electron chi connectivity index (χ1n) is 12.4. The molecule has 2 aromatic carbocycles. The van der Waals surface area contributed by atoms with Crippen LogP contribution < -0.4 is 26.6 Å². The van der Waals surface area contributed by atoms with Gasteiger partial charge in [-0.1, -0.05) is 54.1 Å². The minimum atomic E-state index is -5.19. The highest BCUT2D eigenvalue weighted by Crippen LogP contribution is 2.18. The van der Waals surface area contributed by atoms with Gasteiger partial charge in [0, 0.05) is 6.42 Å². The van der Waals surface area contributed by atoms with E-state index in [0.29, 0.717) is 13.2 Å². The highest BCUT2D eigenvalue weighted by molar-refractivity contribution is 6.31. The molecule has 0 aliphatic carbocycles. The van der Waals surface area contributed by atoms with Gasteiger partial charge in [0.1, 0.15) is 18.3 Å². The smallest absolute Gasteiger partial charge is 0.430 e. The topological polar surface area (TPSA) is 156 Å². The van der Waals surface area contributed by atoms with E-state index < -0.39 is 18.1 Å². The number of likely N-dealkylation sites (N-methyl/N-ethyl adjacent to an activating group) is 1. The molecule has 10 nitrogen and oxygen atoms in total. The summed E-state index contributed by atoms with van der Waals surface area (Å²) in [6.45, 7) is 2.77. The lowest BCUT2D eigenvalue weighted by molar-refractivity contribution is -0.889. The average molecular weight is 597 g/mol. The number of aromatic nitrogens is 2. The number of hydrogen-bond donors (Lipinski definition) is 3. The van der Waals surface area contributed by atoms with E-state index in [4.69, 9.17) is 37.7 Å². The number of carboxylic acids is 1. The molecule has 0 atom stereocenters. The number of carboxylic acid groups (broad SMARTS) is 1. The number of nitrogens with two attached hydrogens (primary N) is 2. The van der Waals surface area contributed by atoms with Crippen LogP contribution in [0, 0.1) is 0 Å². The van der Waals surface area contributed by atoms with Crippen molar-refractivity contribution in [1.82, 2.24) is 15.3 Å². The van der Waals surface area contributed by atoms with Gasteiger partial charge in [-0.2, -0.15) is 13.2 Å². The molecule has 0 saturated heterocycles. The molecule has 0 bridgehead atoms. The number of halogens is 4. The Kier molecular flexibility index (Phi) is 12.2. The highest BCUT2D eigenvalue weighted by atomic mass is 35.5. The third kappa shape index (κ3) is 11.9. The minimum Gasteiger partial charge on any atom is -0.542 e. The van der Waals surface area contributed by atoms with Gasteiger partial charge in [0.15, 0.2) is 22.5 Å². The van der Waals surface area contributed by atoms with E-state index in [-0.39, 0.29) is 22.5 Å². The van der Waals surface area contributed by atoms with E-state index in [1.807, 2.05) is 30.3 Å². The van der Waals surface area contributed by atoms with Gasteiger partial charge in [0.05, 0.1) is 33.7 Å². The van der Waals surface area contributed by atoms with Crippen LogP contribution in [0.5, 0.6) is 5.75 Å². The number of nitrogen functional groups attached to an aromatic ring is 2. The summed E-state index contributed by atoms with van der Waals surface area (Å²) in [6.07, 6.45) is -3.19. The zero-order valence-corrected chi connectivity index (χ0v) is 23.3. The number of carbonyl (C=O) groups is 2. The monoisotopic (exact) mass is 596 g/mol. The number of carbonyl (C=O) groups excluding carboxylic acids is 2. The molecule has 0 fully saturated rings. The summed E-state index contributed by atoms with van der Waals surface area (Å²) in [4.78, 5) is 28.9. The van der Waals surface area contributed by atoms with Gasteiger partial charge in [-0.3, -0.25) is 4.79 Å². The molecule has 1 amide bonds. The highest BCUT2D eigenvalue weighted by Gasteiger charge is 2.28. The van der Waals surface area contributed by atoms with Gasteiger partial charge in [-0.25, -0.2) is 9.97 Å². The molecule has 3 rings (SSSR count). The van der Waals surface area contributed by atoms with Crippen LogP contribution in [-0.2, 0) is 17.8 Å². The Balaban J connectivity index is 0.000000745. The third-order valence-corrected chi connectivity index (χ3v) is 6.03. The zero-order chi connectivity index (χ0) is 30.6. The number of benzene rings is 2. The lowest BCUT2D eigenvalue weighted by atomic mass is 10.1. The summed E-state index contributed by atoms with van der Waals surface area (Å²) < 4.78 is 38.2. The van der Waals surface area contributed by atoms with Gasteiger partial charge >= 0.3 is 6.18 Å². The number of quaternary nitrogens is 1. The maximum absolute atomic E-state index is 12.4. The third-order valence-electron chi connectivity index (χ3n) is 5.75. The number of ether oxygens (including phenoxy) is 1. The molecular formula is C27H32ClF3N6O4. The van der Waals surface area contributed by atoms with Crippen LogP contribution in [0.25, 0.3) is 0 Å². The maximum Gasteiger partial charge on any atom is 0.430 e. The molecule has 0 spiro atoms. The Hall–Kier alpha value is -4.10. The first kappa shape index (κ1) is 33.1. The van der Waals surface area contributed by atoms with Crippen LogP contribution in [0.4, 0.5) is 24.8 Å². The van der Waals surface area contributed by atoms with Crippen molar-refractivity contribution in [3.05, 3.63) is 76.6 Å². The summed E-state index contributed by atoms with van der Waals surface area (Å²) in [5, 5.41) is 11.6. The lowest BCUT2D eigenvalue weighted by Crippen LogP contribution is -2.46.